The minimum absolute atomic E-state index is 0.0977. The first kappa shape index (κ1) is 38.6. The first-order valence-electron chi connectivity index (χ1n) is 16.3. The van der Waals surface area contributed by atoms with Gasteiger partial charge in [-0.05, 0) is 45.8 Å². The van der Waals surface area contributed by atoms with Crippen molar-refractivity contribution in [2.24, 2.45) is 5.92 Å². The summed E-state index contributed by atoms with van der Waals surface area (Å²) in [5.41, 5.74) is 0. The van der Waals surface area contributed by atoms with Gasteiger partial charge in [0, 0.05) is 32.1 Å². The molecule has 40 heavy (non-hydrogen) atoms. The molecule has 237 valence electrons. The number of hydrogen-bond donors (Lipinski definition) is 1. The van der Waals surface area contributed by atoms with Crippen LogP contribution in [0.4, 0.5) is 4.79 Å². The molecule has 1 radical (unpaired) electrons. The summed E-state index contributed by atoms with van der Waals surface area (Å²) < 4.78 is 22.6. The molecule has 0 aromatic rings. The molecule has 0 aliphatic carbocycles. The lowest BCUT2D eigenvalue weighted by molar-refractivity contribution is -0.160. The molecule has 0 spiro atoms. The summed E-state index contributed by atoms with van der Waals surface area (Å²) in [6.07, 6.45) is 15.2. The van der Waals surface area contributed by atoms with Crippen molar-refractivity contribution in [3.8, 4) is 0 Å². The van der Waals surface area contributed by atoms with Crippen molar-refractivity contribution in [2.75, 3.05) is 52.6 Å². The standard InChI is InChI=1S/C32H63N2O6/c1-6-10-12-14-16-18-25-37-31(38-26-19-17-15-13-11-7-2)22-21-30(35)39-27-29(5)28-40-32(36)33-23-20-24-34(8-3)9-4/h29,31H,5-28H2,1-4H3,(H,33,36). The zero-order valence-electron chi connectivity index (χ0n) is 26.5. The summed E-state index contributed by atoms with van der Waals surface area (Å²) in [5, 5.41) is 2.75. The highest BCUT2D eigenvalue weighted by atomic mass is 16.7. The Labute approximate surface area is 246 Å². The van der Waals surface area contributed by atoms with E-state index in [1.807, 2.05) is 0 Å². The van der Waals surface area contributed by atoms with Crippen molar-refractivity contribution < 1.29 is 28.5 Å². The van der Waals surface area contributed by atoms with Gasteiger partial charge in [0.15, 0.2) is 6.29 Å². The number of nitrogens with one attached hydrogen (secondary N) is 1. The predicted octanol–water partition coefficient (Wildman–Crippen LogP) is 7.30. The number of esters is 1. The average Bonchev–Trinajstić information content (AvgIpc) is 2.96. The number of carbonyl (C=O) groups excluding carboxylic acids is 2. The van der Waals surface area contributed by atoms with Crippen molar-refractivity contribution in [1.29, 1.82) is 0 Å². The van der Waals surface area contributed by atoms with E-state index in [2.05, 4.69) is 44.8 Å². The van der Waals surface area contributed by atoms with Crippen molar-refractivity contribution in [2.45, 2.75) is 130 Å². The minimum Gasteiger partial charge on any atom is -0.465 e. The molecule has 1 atom stereocenters. The van der Waals surface area contributed by atoms with Gasteiger partial charge < -0.3 is 29.2 Å². The van der Waals surface area contributed by atoms with Gasteiger partial charge >= 0.3 is 12.1 Å². The van der Waals surface area contributed by atoms with Gasteiger partial charge in [0.25, 0.3) is 0 Å². The molecule has 1 N–H and O–H groups in total. The van der Waals surface area contributed by atoms with E-state index >= 15 is 0 Å². The van der Waals surface area contributed by atoms with Crippen molar-refractivity contribution in [1.82, 2.24) is 10.2 Å². The molecule has 0 bridgehead atoms. The zero-order valence-corrected chi connectivity index (χ0v) is 26.5. The number of carbonyl (C=O) groups is 2. The van der Waals surface area contributed by atoms with Crippen LogP contribution < -0.4 is 5.32 Å². The van der Waals surface area contributed by atoms with Crippen LogP contribution in [0, 0.1) is 12.8 Å². The summed E-state index contributed by atoms with van der Waals surface area (Å²) in [6, 6.07) is 0. The molecular weight excluding hydrogens is 508 g/mol. The minimum atomic E-state index is -0.465. The molecule has 1 amide bonds. The third-order valence-electron chi connectivity index (χ3n) is 6.93. The van der Waals surface area contributed by atoms with Crippen LogP contribution in [0.15, 0.2) is 0 Å². The lowest BCUT2D eigenvalue weighted by Gasteiger charge is -2.19. The molecule has 0 aliphatic heterocycles. The van der Waals surface area contributed by atoms with Gasteiger partial charge in [-0.3, -0.25) is 4.79 Å². The lowest BCUT2D eigenvalue weighted by Crippen LogP contribution is -2.31. The number of unbranched alkanes of at least 4 members (excludes halogenated alkanes) is 10. The Morgan fingerprint density at radius 2 is 1.25 bits per heavy atom. The number of alkyl carbamates (subject to hydrolysis) is 1. The first-order valence-corrected chi connectivity index (χ1v) is 16.3. The van der Waals surface area contributed by atoms with Crippen LogP contribution in [0.5, 0.6) is 0 Å². The smallest absolute Gasteiger partial charge is 0.407 e. The Hall–Kier alpha value is -1.38. The highest BCUT2D eigenvalue weighted by Crippen LogP contribution is 2.12. The monoisotopic (exact) mass is 571 g/mol. The van der Waals surface area contributed by atoms with E-state index in [0.29, 0.717) is 26.2 Å². The second-order valence-corrected chi connectivity index (χ2v) is 10.7. The molecule has 0 saturated heterocycles. The maximum Gasteiger partial charge on any atom is 0.407 e. The van der Waals surface area contributed by atoms with Crippen LogP contribution in [0.25, 0.3) is 0 Å². The number of ether oxygens (including phenoxy) is 4. The molecule has 0 rings (SSSR count). The summed E-state index contributed by atoms with van der Waals surface area (Å²) >= 11 is 0. The predicted molar refractivity (Wildman–Crippen MR) is 163 cm³/mol. The molecule has 0 heterocycles. The molecule has 0 saturated carbocycles. The fourth-order valence-corrected chi connectivity index (χ4v) is 4.25. The van der Waals surface area contributed by atoms with Gasteiger partial charge in [-0.15, -0.1) is 0 Å². The summed E-state index contributed by atoms with van der Waals surface area (Å²) in [7, 11) is 0. The lowest BCUT2D eigenvalue weighted by atomic mass is 10.1. The molecular formula is C32H63N2O6. The van der Waals surface area contributed by atoms with E-state index in [1.54, 1.807) is 0 Å². The second-order valence-electron chi connectivity index (χ2n) is 10.7. The summed E-state index contributed by atoms with van der Waals surface area (Å²) in [4.78, 5) is 26.5. The Morgan fingerprint density at radius 1 is 0.725 bits per heavy atom. The fourth-order valence-electron chi connectivity index (χ4n) is 4.25. The number of hydrogen-bond acceptors (Lipinski definition) is 7. The third-order valence-corrected chi connectivity index (χ3v) is 6.93. The van der Waals surface area contributed by atoms with Crippen molar-refractivity contribution in [3.63, 3.8) is 0 Å². The molecule has 0 aliphatic rings. The summed E-state index contributed by atoms with van der Waals surface area (Å²) in [6.45, 7) is 17.6. The van der Waals surface area contributed by atoms with Gasteiger partial charge in [-0.25, -0.2) is 4.79 Å². The van der Waals surface area contributed by atoms with Crippen LogP contribution in [0.1, 0.15) is 124 Å². The SMILES string of the molecule is [CH2]C(COC(=O)CCC(OCCCCCCCC)OCCCCCCCC)COC(=O)NCCCN(CC)CC. The first-order chi connectivity index (χ1) is 19.5. The molecule has 1 unspecified atom stereocenters. The van der Waals surface area contributed by atoms with Crippen molar-refractivity contribution >= 4 is 12.1 Å². The second kappa shape index (κ2) is 29.1. The zero-order chi connectivity index (χ0) is 29.7. The number of amides is 1. The average molecular weight is 572 g/mol. The largest absolute Gasteiger partial charge is 0.465 e. The summed E-state index contributed by atoms with van der Waals surface area (Å²) in [5.74, 6) is -0.639. The Bertz CT molecular complexity index is 556. The van der Waals surface area contributed by atoms with E-state index in [-0.39, 0.29) is 37.8 Å². The van der Waals surface area contributed by atoms with E-state index in [1.165, 1.54) is 51.4 Å². The third kappa shape index (κ3) is 25.6. The molecule has 0 aromatic heterocycles. The van der Waals surface area contributed by atoms with Crippen LogP contribution in [-0.2, 0) is 23.7 Å². The Morgan fingerprint density at radius 3 is 1.80 bits per heavy atom. The highest BCUT2D eigenvalue weighted by molar-refractivity contribution is 5.69. The number of rotatable bonds is 29. The van der Waals surface area contributed by atoms with Crippen LogP contribution in [-0.4, -0.2) is 75.9 Å². The van der Waals surface area contributed by atoms with E-state index in [0.717, 1.165) is 51.7 Å². The van der Waals surface area contributed by atoms with Crippen molar-refractivity contribution in [3.05, 3.63) is 6.92 Å². The van der Waals surface area contributed by atoms with Gasteiger partial charge in [0.2, 0.25) is 0 Å². The Kier molecular flexibility index (Phi) is 28.1. The highest BCUT2D eigenvalue weighted by Gasteiger charge is 2.15. The molecule has 0 aromatic carbocycles. The van der Waals surface area contributed by atoms with E-state index in [4.69, 9.17) is 18.9 Å². The van der Waals surface area contributed by atoms with Gasteiger partial charge in [0.1, 0.15) is 0 Å². The van der Waals surface area contributed by atoms with E-state index in [9.17, 15) is 9.59 Å². The van der Waals surface area contributed by atoms with Gasteiger partial charge in [-0.2, -0.15) is 0 Å². The number of nitrogens with zero attached hydrogens (tertiary/aromatic N) is 1. The van der Waals surface area contributed by atoms with Crippen LogP contribution >= 0.6 is 0 Å². The van der Waals surface area contributed by atoms with E-state index < -0.39 is 6.09 Å². The van der Waals surface area contributed by atoms with Crippen LogP contribution in [0.3, 0.4) is 0 Å². The molecule has 8 nitrogen and oxygen atoms in total. The molecule has 8 heteroatoms. The maximum atomic E-state index is 12.3. The quantitative estimate of drug-likeness (QED) is 0.0573. The molecule has 0 fully saturated rings. The van der Waals surface area contributed by atoms with Crippen LogP contribution in [0.2, 0.25) is 0 Å². The van der Waals surface area contributed by atoms with Gasteiger partial charge in [-0.1, -0.05) is 91.9 Å². The fraction of sp³-hybridized carbons (Fsp3) is 0.906. The maximum absolute atomic E-state index is 12.3. The normalized spacial score (nSPS) is 12.2. The Balaban J connectivity index is 4.17. The van der Waals surface area contributed by atoms with Gasteiger partial charge in [0.05, 0.1) is 19.6 Å². The topological polar surface area (TPSA) is 86.3 Å².